The number of carbonyl (C=O) groups is 1. The topological polar surface area (TPSA) is 68.0 Å². The number of hydrogen-bond acceptors (Lipinski definition) is 5. The van der Waals surface area contributed by atoms with E-state index >= 15 is 0 Å². The van der Waals surface area contributed by atoms with Crippen LogP contribution in [0.4, 0.5) is 5.69 Å². The van der Waals surface area contributed by atoms with Crippen LogP contribution in [0.25, 0.3) is 11.4 Å². The predicted octanol–water partition coefficient (Wildman–Crippen LogP) is 5.15. The van der Waals surface area contributed by atoms with Crippen LogP contribution in [0.2, 0.25) is 0 Å². The highest BCUT2D eigenvalue weighted by Gasteiger charge is 2.11. The molecule has 0 atom stereocenters. The van der Waals surface area contributed by atoms with Gasteiger partial charge in [-0.05, 0) is 35.9 Å². The first-order valence-corrected chi connectivity index (χ1v) is 10.1. The van der Waals surface area contributed by atoms with Gasteiger partial charge in [0.1, 0.15) is 0 Å². The number of benzene rings is 2. The largest absolute Gasteiger partial charge is 0.339 e. The smallest absolute Gasteiger partial charge is 0.227 e. The van der Waals surface area contributed by atoms with Gasteiger partial charge in [0, 0.05) is 29.0 Å². The van der Waals surface area contributed by atoms with Crippen molar-refractivity contribution in [3.8, 4) is 11.4 Å². The van der Waals surface area contributed by atoms with Crippen LogP contribution in [0.3, 0.4) is 0 Å². The maximum absolute atomic E-state index is 12.2. The highest BCUT2D eigenvalue weighted by molar-refractivity contribution is 7.98. The number of amides is 1. The number of rotatable bonds is 7. The third kappa shape index (κ3) is 5.20. The lowest BCUT2D eigenvalue weighted by atomic mass is 10.0. The van der Waals surface area contributed by atoms with Crippen molar-refractivity contribution in [3.05, 3.63) is 60.0 Å². The first kappa shape index (κ1) is 19.2. The van der Waals surface area contributed by atoms with Gasteiger partial charge in [0.15, 0.2) is 0 Å². The Kier molecular flexibility index (Phi) is 6.29. The van der Waals surface area contributed by atoms with Crippen molar-refractivity contribution in [1.82, 2.24) is 10.1 Å². The molecule has 0 aliphatic carbocycles. The second-order valence-corrected chi connectivity index (χ2v) is 7.45. The molecule has 6 heteroatoms. The summed E-state index contributed by atoms with van der Waals surface area (Å²) >= 11 is 1.64. The van der Waals surface area contributed by atoms with Crippen molar-refractivity contribution in [2.75, 3.05) is 11.6 Å². The molecule has 1 amide bonds. The van der Waals surface area contributed by atoms with Crippen molar-refractivity contribution in [1.29, 1.82) is 0 Å². The number of anilines is 1. The van der Waals surface area contributed by atoms with Gasteiger partial charge in [0.05, 0.1) is 0 Å². The molecule has 1 N–H and O–H groups in total. The van der Waals surface area contributed by atoms with Crippen LogP contribution in [0, 0.1) is 0 Å². The van der Waals surface area contributed by atoms with E-state index < -0.39 is 0 Å². The highest BCUT2D eigenvalue weighted by atomic mass is 32.2. The van der Waals surface area contributed by atoms with E-state index in [9.17, 15) is 4.79 Å². The van der Waals surface area contributed by atoms with E-state index in [-0.39, 0.29) is 12.3 Å². The average molecular weight is 382 g/mol. The fourth-order valence-electron chi connectivity index (χ4n) is 2.64. The second-order valence-electron chi connectivity index (χ2n) is 6.57. The minimum Gasteiger partial charge on any atom is -0.339 e. The summed E-state index contributed by atoms with van der Waals surface area (Å²) in [7, 11) is 0. The quantitative estimate of drug-likeness (QED) is 0.573. The van der Waals surface area contributed by atoms with Crippen LogP contribution in [0.5, 0.6) is 0 Å². The summed E-state index contributed by atoms with van der Waals surface area (Å²) in [5.41, 5.74) is 2.97. The van der Waals surface area contributed by atoms with Crippen LogP contribution in [-0.4, -0.2) is 22.3 Å². The Morgan fingerprint density at radius 2 is 1.96 bits per heavy atom. The molecule has 0 radical (unpaired) electrons. The fraction of sp³-hybridized carbons (Fsp3) is 0.286. The standard InChI is InChI=1S/C21H23N3O2S/c1-14(2)15-7-9-16(10-8-15)21-23-20(26-24-21)12-11-19(25)22-17-5-4-6-18(13-17)27-3/h4-10,13-14H,11-12H2,1-3H3,(H,22,25). The Hall–Kier alpha value is -2.60. The zero-order valence-electron chi connectivity index (χ0n) is 15.7. The maximum atomic E-state index is 12.2. The molecule has 1 aromatic heterocycles. The van der Waals surface area contributed by atoms with Gasteiger partial charge in [0.2, 0.25) is 17.6 Å². The van der Waals surface area contributed by atoms with Crippen LogP contribution in [0.1, 0.15) is 37.6 Å². The van der Waals surface area contributed by atoms with E-state index in [2.05, 4.69) is 41.4 Å². The molecular formula is C21H23N3O2S. The Bertz CT molecular complexity index is 904. The predicted molar refractivity (Wildman–Crippen MR) is 109 cm³/mol. The van der Waals surface area contributed by atoms with Crippen molar-refractivity contribution >= 4 is 23.4 Å². The van der Waals surface area contributed by atoms with Gasteiger partial charge >= 0.3 is 0 Å². The van der Waals surface area contributed by atoms with Crippen LogP contribution >= 0.6 is 11.8 Å². The lowest BCUT2D eigenvalue weighted by Gasteiger charge is -2.05. The third-order valence-corrected chi connectivity index (χ3v) is 4.95. The number of nitrogens with zero attached hydrogens (tertiary/aromatic N) is 2. The number of aryl methyl sites for hydroxylation is 1. The van der Waals surface area contributed by atoms with E-state index in [1.807, 2.05) is 42.7 Å². The van der Waals surface area contributed by atoms with E-state index in [1.54, 1.807) is 11.8 Å². The van der Waals surface area contributed by atoms with E-state index in [4.69, 9.17) is 4.52 Å². The van der Waals surface area contributed by atoms with Gasteiger partial charge in [-0.25, -0.2) is 0 Å². The molecule has 3 rings (SSSR count). The van der Waals surface area contributed by atoms with Crippen LogP contribution in [-0.2, 0) is 11.2 Å². The Morgan fingerprint density at radius 3 is 2.67 bits per heavy atom. The summed E-state index contributed by atoms with van der Waals surface area (Å²) in [5, 5.41) is 6.93. The maximum Gasteiger partial charge on any atom is 0.227 e. The first-order chi connectivity index (χ1) is 13.0. The second kappa shape index (κ2) is 8.86. The van der Waals surface area contributed by atoms with E-state index in [1.165, 1.54) is 5.56 Å². The van der Waals surface area contributed by atoms with Gasteiger partial charge in [-0.1, -0.05) is 49.3 Å². The van der Waals surface area contributed by atoms with Gasteiger partial charge in [-0.15, -0.1) is 11.8 Å². The summed E-state index contributed by atoms with van der Waals surface area (Å²) in [6.07, 6.45) is 2.70. The molecule has 2 aromatic carbocycles. The summed E-state index contributed by atoms with van der Waals surface area (Å²) in [4.78, 5) is 17.7. The van der Waals surface area contributed by atoms with Crippen molar-refractivity contribution in [3.63, 3.8) is 0 Å². The Morgan fingerprint density at radius 1 is 1.19 bits per heavy atom. The van der Waals surface area contributed by atoms with E-state index in [0.29, 0.717) is 24.1 Å². The Labute approximate surface area is 163 Å². The molecule has 0 bridgehead atoms. The zero-order chi connectivity index (χ0) is 19.2. The normalized spacial score (nSPS) is 11.0. The number of hydrogen-bond donors (Lipinski definition) is 1. The first-order valence-electron chi connectivity index (χ1n) is 8.92. The molecule has 0 saturated heterocycles. The number of thioether (sulfide) groups is 1. The SMILES string of the molecule is CSc1cccc(NC(=O)CCc2nc(-c3ccc(C(C)C)cc3)no2)c1. The number of carbonyl (C=O) groups excluding carboxylic acids is 1. The van der Waals surface area contributed by atoms with Crippen molar-refractivity contribution in [2.24, 2.45) is 0 Å². The molecular weight excluding hydrogens is 358 g/mol. The van der Waals surface area contributed by atoms with Crippen molar-refractivity contribution < 1.29 is 9.32 Å². The number of nitrogens with one attached hydrogen (secondary N) is 1. The van der Waals surface area contributed by atoms with Gasteiger partial charge in [0.25, 0.3) is 0 Å². The fourth-order valence-corrected chi connectivity index (χ4v) is 3.10. The molecule has 0 spiro atoms. The lowest BCUT2D eigenvalue weighted by molar-refractivity contribution is -0.116. The minimum atomic E-state index is -0.0747. The minimum absolute atomic E-state index is 0.0747. The molecule has 0 aliphatic heterocycles. The monoisotopic (exact) mass is 381 g/mol. The van der Waals surface area contributed by atoms with Gasteiger partial charge < -0.3 is 9.84 Å². The van der Waals surface area contributed by atoms with Gasteiger partial charge in [-0.2, -0.15) is 4.98 Å². The molecule has 140 valence electrons. The van der Waals surface area contributed by atoms with Crippen LogP contribution < -0.4 is 5.32 Å². The summed E-state index contributed by atoms with van der Waals surface area (Å²) in [6.45, 7) is 4.31. The molecule has 3 aromatic rings. The summed E-state index contributed by atoms with van der Waals surface area (Å²) in [5.74, 6) is 1.42. The summed E-state index contributed by atoms with van der Waals surface area (Å²) in [6, 6.07) is 15.9. The molecule has 1 heterocycles. The van der Waals surface area contributed by atoms with Gasteiger partial charge in [-0.3, -0.25) is 4.79 Å². The van der Waals surface area contributed by atoms with Crippen LogP contribution in [0.15, 0.2) is 57.9 Å². The molecule has 5 nitrogen and oxygen atoms in total. The molecule has 0 aliphatic rings. The van der Waals surface area contributed by atoms with Crippen molar-refractivity contribution in [2.45, 2.75) is 37.5 Å². The highest BCUT2D eigenvalue weighted by Crippen LogP contribution is 2.21. The average Bonchev–Trinajstić information content (AvgIpc) is 3.15. The molecule has 27 heavy (non-hydrogen) atoms. The lowest BCUT2D eigenvalue weighted by Crippen LogP contribution is -2.12. The third-order valence-electron chi connectivity index (χ3n) is 4.22. The molecule has 0 saturated carbocycles. The van der Waals surface area contributed by atoms with E-state index in [0.717, 1.165) is 16.1 Å². The molecule has 0 unspecified atom stereocenters. The summed E-state index contributed by atoms with van der Waals surface area (Å²) < 4.78 is 5.29. The molecule has 0 fully saturated rings. The Balaban J connectivity index is 1.56. The zero-order valence-corrected chi connectivity index (χ0v) is 16.5. The number of aromatic nitrogens is 2.